The number of tetrazole rings is 1. The zero-order chi connectivity index (χ0) is 12.1. The van der Waals surface area contributed by atoms with Crippen LogP contribution in [0.4, 0.5) is 11.6 Å². The topological polar surface area (TPSA) is 90.9 Å². The molecule has 0 radical (unpaired) electrons. The molecule has 7 heteroatoms. The van der Waals surface area contributed by atoms with Gasteiger partial charge in [0.1, 0.15) is 12.4 Å². The fraction of sp³-hybridized carbons (Fsp3) is 0.300. The van der Waals surface area contributed by atoms with Gasteiger partial charge in [-0.25, -0.2) is 4.68 Å². The molecule has 7 nitrogen and oxygen atoms in total. The van der Waals surface area contributed by atoms with Crippen molar-refractivity contribution in [1.29, 1.82) is 0 Å². The van der Waals surface area contributed by atoms with Gasteiger partial charge in [-0.15, -0.1) is 0 Å². The van der Waals surface area contributed by atoms with Gasteiger partial charge in [0.15, 0.2) is 0 Å². The molecule has 0 unspecified atom stereocenters. The van der Waals surface area contributed by atoms with Crippen LogP contribution in [0.1, 0.15) is 0 Å². The zero-order valence-corrected chi connectivity index (χ0v) is 9.50. The van der Waals surface area contributed by atoms with Crippen molar-refractivity contribution in [2.24, 2.45) is 7.05 Å². The van der Waals surface area contributed by atoms with Crippen LogP contribution in [0, 0.1) is 0 Å². The van der Waals surface area contributed by atoms with E-state index in [-0.39, 0.29) is 0 Å². The average molecular weight is 234 g/mol. The van der Waals surface area contributed by atoms with Gasteiger partial charge in [-0.1, -0.05) is 17.2 Å². The quantitative estimate of drug-likeness (QED) is 0.570. The molecule has 0 saturated carbocycles. The number of ether oxygens (including phenoxy) is 1. The fourth-order valence-electron chi connectivity index (χ4n) is 1.32. The standard InChI is InChI=1S/C10H14N6O/c1-16-10(13-14-15-16)12-6-7-17-9-5-3-2-4-8(9)11/h2-5H,6-7,11H2,1H3,(H,12,13,15). The highest BCUT2D eigenvalue weighted by Gasteiger charge is 2.01. The first-order valence-corrected chi connectivity index (χ1v) is 5.21. The first-order valence-electron chi connectivity index (χ1n) is 5.21. The molecular weight excluding hydrogens is 220 g/mol. The minimum Gasteiger partial charge on any atom is -0.490 e. The molecule has 17 heavy (non-hydrogen) atoms. The van der Waals surface area contributed by atoms with Gasteiger partial charge in [0.25, 0.3) is 0 Å². The Balaban J connectivity index is 1.77. The van der Waals surface area contributed by atoms with Crippen molar-refractivity contribution >= 4 is 11.6 Å². The summed E-state index contributed by atoms with van der Waals surface area (Å²) in [6, 6.07) is 7.38. The van der Waals surface area contributed by atoms with E-state index in [4.69, 9.17) is 10.5 Å². The smallest absolute Gasteiger partial charge is 0.242 e. The number of nitrogens with zero attached hydrogens (tertiary/aromatic N) is 4. The molecule has 0 saturated heterocycles. The highest BCUT2D eigenvalue weighted by Crippen LogP contribution is 2.19. The molecular formula is C10H14N6O. The number of nitrogens with one attached hydrogen (secondary N) is 1. The lowest BCUT2D eigenvalue weighted by Gasteiger charge is -2.08. The van der Waals surface area contributed by atoms with Gasteiger partial charge in [0.05, 0.1) is 12.2 Å². The Morgan fingerprint density at radius 1 is 1.41 bits per heavy atom. The number of aromatic nitrogens is 4. The first kappa shape index (κ1) is 11.2. The monoisotopic (exact) mass is 234 g/mol. The lowest BCUT2D eigenvalue weighted by atomic mass is 10.3. The molecule has 0 fully saturated rings. The lowest BCUT2D eigenvalue weighted by molar-refractivity contribution is 0.334. The molecule has 1 heterocycles. The maximum Gasteiger partial charge on any atom is 0.242 e. The molecule has 0 aliphatic rings. The van der Waals surface area contributed by atoms with Crippen molar-refractivity contribution in [2.75, 3.05) is 24.2 Å². The van der Waals surface area contributed by atoms with Crippen LogP contribution in [0.5, 0.6) is 5.75 Å². The maximum atomic E-state index is 5.74. The molecule has 90 valence electrons. The van der Waals surface area contributed by atoms with E-state index in [2.05, 4.69) is 20.8 Å². The van der Waals surface area contributed by atoms with Gasteiger partial charge in [-0.05, 0) is 22.6 Å². The third-order valence-corrected chi connectivity index (χ3v) is 2.18. The number of aryl methyl sites for hydroxylation is 1. The second kappa shape index (κ2) is 5.15. The van der Waals surface area contributed by atoms with Crippen LogP contribution < -0.4 is 15.8 Å². The molecule has 2 aromatic rings. The highest BCUT2D eigenvalue weighted by molar-refractivity contribution is 5.51. The highest BCUT2D eigenvalue weighted by atomic mass is 16.5. The Labute approximate surface area is 98.6 Å². The molecule has 0 atom stereocenters. The fourth-order valence-corrected chi connectivity index (χ4v) is 1.32. The van der Waals surface area contributed by atoms with E-state index < -0.39 is 0 Å². The van der Waals surface area contributed by atoms with Crippen LogP contribution in [0.2, 0.25) is 0 Å². The number of benzene rings is 1. The summed E-state index contributed by atoms with van der Waals surface area (Å²) in [7, 11) is 1.76. The molecule has 2 rings (SSSR count). The number of para-hydroxylation sites is 2. The number of hydrogen-bond donors (Lipinski definition) is 2. The maximum absolute atomic E-state index is 5.74. The number of hydrogen-bond acceptors (Lipinski definition) is 6. The zero-order valence-electron chi connectivity index (χ0n) is 9.50. The summed E-state index contributed by atoms with van der Waals surface area (Å²) < 4.78 is 7.06. The van der Waals surface area contributed by atoms with Crippen LogP contribution in [0.3, 0.4) is 0 Å². The Kier molecular flexibility index (Phi) is 3.39. The third kappa shape index (κ3) is 2.83. The number of anilines is 2. The molecule has 1 aromatic carbocycles. The van der Waals surface area contributed by atoms with Gasteiger partial charge < -0.3 is 15.8 Å². The number of rotatable bonds is 5. The van der Waals surface area contributed by atoms with Crippen LogP contribution in [0.25, 0.3) is 0 Å². The predicted octanol–water partition coefficient (Wildman–Crippen LogP) is 0.283. The van der Waals surface area contributed by atoms with Crippen molar-refractivity contribution in [3.8, 4) is 5.75 Å². The van der Waals surface area contributed by atoms with E-state index in [1.807, 2.05) is 18.2 Å². The summed E-state index contributed by atoms with van der Waals surface area (Å²) >= 11 is 0. The largest absolute Gasteiger partial charge is 0.490 e. The van der Waals surface area contributed by atoms with Crippen LogP contribution in [-0.2, 0) is 7.05 Å². The molecule has 0 spiro atoms. The molecule has 1 aromatic heterocycles. The van der Waals surface area contributed by atoms with Gasteiger partial charge in [0.2, 0.25) is 5.95 Å². The van der Waals surface area contributed by atoms with Crippen molar-refractivity contribution in [2.45, 2.75) is 0 Å². The van der Waals surface area contributed by atoms with Gasteiger partial charge in [0, 0.05) is 7.05 Å². The van der Waals surface area contributed by atoms with Crippen molar-refractivity contribution < 1.29 is 4.74 Å². The Hall–Kier alpha value is -2.31. The van der Waals surface area contributed by atoms with E-state index in [0.717, 1.165) is 0 Å². The Morgan fingerprint density at radius 3 is 2.94 bits per heavy atom. The second-order valence-corrected chi connectivity index (χ2v) is 3.44. The Morgan fingerprint density at radius 2 is 2.24 bits per heavy atom. The normalized spacial score (nSPS) is 10.2. The van der Waals surface area contributed by atoms with Gasteiger partial charge in [-0.2, -0.15) is 0 Å². The van der Waals surface area contributed by atoms with Crippen molar-refractivity contribution in [3.05, 3.63) is 24.3 Å². The first-order chi connectivity index (χ1) is 8.27. The predicted molar refractivity (Wildman–Crippen MR) is 63.6 cm³/mol. The molecule has 0 aliphatic carbocycles. The van der Waals surface area contributed by atoms with Crippen LogP contribution in [0.15, 0.2) is 24.3 Å². The molecule has 0 aliphatic heterocycles. The van der Waals surface area contributed by atoms with Crippen molar-refractivity contribution in [1.82, 2.24) is 20.2 Å². The van der Waals surface area contributed by atoms with Crippen LogP contribution in [-0.4, -0.2) is 33.4 Å². The van der Waals surface area contributed by atoms with E-state index in [1.165, 1.54) is 0 Å². The number of nitrogen functional groups attached to an aromatic ring is 1. The molecule has 0 amide bonds. The number of nitrogens with two attached hydrogens (primary N) is 1. The van der Waals surface area contributed by atoms with Crippen molar-refractivity contribution in [3.63, 3.8) is 0 Å². The SMILES string of the molecule is Cn1nnnc1NCCOc1ccccc1N. The summed E-state index contributed by atoms with van der Waals surface area (Å²) in [5.41, 5.74) is 6.37. The minimum absolute atomic E-state index is 0.487. The summed E-state index contributed by atoms with van der Waals surface area (Å²) in [6.45, 7) is 1.09. The Bertz CT molecular complexity index is 483. The van der Waals surface area contributed by atoms with E-state index >= 15 is 0 Å². The third-order valence-electron chi connectivity index (χ3n) is 2.18. The summed E-state index contributed by atoms with van der Waals surface area (Å²) in [5.74, 6) is 1.29. The van der Waals surface area contributed by atoms with E-state index in [1.54, 1.807) is 17.8 Å². The second-order valence-electron chi connectivity index (χ2n) is 3.44. The summed E-state index contributed by atoms with van der Waals surface area (Å²) in [6.07, 6.45) is 0. The van der Waals surface area contributed by atoms with E-state index in [0.29, 0.717) is 30.5 Å². The van der Waals surface area contributed by atoms with Crippen LogP contribution >= 0.6 is 0 Å². The van der Waals surface area contributed by atoms with E-state index in [9.17, 15) is 0 Å². The lowest BCUT2D eigenvalue weighted by Crippen LogP contribution is -2.14. The summed E-state index contributed by atoms with van der Waals surface area (Å²) in [4.78, 5) is 0. The van der Waals surface area contributed by atoms with Gasteiger partial charge in [-0.3, -0.25) is 0 Å². The average Bonchev–Trinajstić information content (AvgIpc) is 2.73. The summed E-state index contributed by atoms with van der Waals surface area (Å²) in [5, 5.41) is 14.0. The molecule has 0 bridgehead atoms. The minimum atomic E-state index is 0.487. The molecule has 3 N–H and O–H groups in total. The van der Waals surface area contributed by atoms with Gasteiger partial charge >= 0.3 is 0 Å².